The predicted molar refractivity (Wildman–Crippen MR) is 91.3 cm³/mol. The molecule has 3 aromatic carbocycles. The molecule has 0 aliphatic carbocycles. The van der Waals surface area contributed by atoms with E-state index in [1.54, 1.807) is 0 Å². The molecule has 0 N–H and O–H groups in total. The van der Waals surface area contributed by atoms with Gasteiger partial charge in [-0.2, -0.15) is 0 Å². The summed E-state index contributed by atoms with van der Waals surface area (Å²) in [6.45, 7) is 1.99. The Hall–Kier alpha value is -2.31. The van der Waals surface area contributed by atoms with Crippen LogP contribution in [0.2, 0.25) is 0 Å². The molecule has 0 radical (unpaired) electrons. The molecule has 0 spiro atoms. The van der Waals surface area contributed by atoms with E-state index < -0.39 is 8.03 Å². The Morgan fingerprint density at radius 3 is 2.27 bits per heavy atom. The zero-order valence-corrected chi connectivity index (χ0v) is 13.2. The number of para-hydroxylation sites is 1. The maximum absolute atomic E-state index is 12.8. The van der Waals surface area contributed by atoms with Gasteiger partial charge in [0, 0.05) is 5.56 Å². The van der Waals surface area contributed by atoms with Crippen molar-refractivity contribution in [3.8, 4) is 28.0 Å². The van der Waals surface area contributed by atoms with Crippen molar-refractivity contribution in [2.75, 3.05) is 0 Å². The summed E-state index contributed by atoms with van der Waals surface area (Å²) < 4.78 is 18.6. The molecule has 1 aliphatic rings. The van der Waals surface area contributed by atoms with E-state index in [1.165, 1.54) is 0 Å². The van der Waals surface area contributed by atoms with Gasteiger partial charge in [0.15, 0.2) is 0 Å². The monoisotopic (exact) mass is 306 g/mol. The van der Waals surface area contributed by atoms with Crippen molar-refractivity contribution >= 4 is 13.3 Å². The highest BCUT2D eigenvalue weighted by atomic mass is 31.1. The number of rotatable bonds is 1. The lowest BCUT2D eigenvalue weighted by atomic mass is 9.97. The smallest absolute Gasteiger partial charge is 0.267 e. The molecule has 1 unspecified atom stereocenters. The van der Waals surface area contributed by atoms with Crippen LogP contribution in [0.15, 0.2) is 66.7 Å². The minimum Gasteiger partial charge on any atom is -0.441 e. The van der Waals surface area contributed by atoms with Gasteiger partial charge in [0.2, 0.25) is 0 Å². The van der Waals surface area contributed by atoms with Crippen LogP contribution in [-0.4, -0.2) is 0 Å². The van der Waals surface area contributed by atoms with E-state index in [-0.39, 0.29) is 0 Å². The van der Waals surface area contributed by atoms with E-state index in [4.69, 9.17) is 4.52 Å². The third-order valence-corrected chi connectivity index (χ3v) is 5.39. The van der Waals surface area contributed by atoms with Gasteiger partial charge >= 0.3 is 0 Å². The lowest BCUT2D eigenvalue weighted by Crippen LogP contribution is -2.13. The molecular formula is C19H15O2P. The van der Waals surface area contributed by atoms with Gasteiger partial charge < -0.3 is 4.52 Å². The maximum atomic E-state index is 12.8. The highest BCUT2D eigenvalue weighted by molar-refractivity contribution is 7.49. The maximum Gasteiger partial charge on any atom is 0.267 e. The largest absolute Gasteiger partial charge is 0.441 e. The molecule has 0 fully saturated rings. The summed E-state index contributed by atoms with van der Waals surface area (Å²) >= 11 is 0. The third kappa shape index (κ3) is 2.00. The van der Waals surface area contributed by atoms with Crippen molar-refractivity contribution < 1.29 is 9.09 Å². The summed E-state index contributed by atoms with van der Waals surface area (Å²) in [7, 11) is -2.31. The Kier molecular flexibility index (Phi) is 3.13. The van der Waals surface area contributed by atoms with Gasteiger partial charge in [0.05, 0.1) is 5.30 Å². The summed E-state index contributed by atoms with van der Waals surface area (Å²) in [6, 6.07) is 22.1. The molecule has 0 amide bonds. The summed E-state index contributed by atoms with van der Waals surface area (Å²) in [5.41, 5.74) is 5.13. The SMILES string of the molecule is Cc1cccc2c1O[PH](=O)c1c(-c3ccccc3)cccc1-2. The molecule has 4 rings (SSSR count). The van der Waals surface area contributed by atoms with E-state index >= 15 is 0 Å². The van der Waals surface area contributed by atoms with Crippen LogP contribution in [0.25, 0.3) is 22.3 Å². The summed E-state index contributed by atoms with van der Waals surface area (Å²) in [5, 5.41) is 0.830. The van der Waals surface area contributed by atoms with Crippen LogP contribution in [-0.2, 0) is 4.57 Å². The molecule has 0 aromatic heterocycles. The second-order valence-corrected chi connectivity index (χ2v) is 6.71. The van der Waals surface area contributed by atoms with Crippen LogP contribution < -0.4 is 9.83 Å². The van der Waals surface area contributed by atoms with Crippen LogP contribution >= 0.6 is 8.03 Å². The molecule has 0 saturated heterocycles. The van der Waals surface area contributed by atoms with Crippen molar-refractivity contribution in [3.05, 3.63) is 72.3 Å². The number of hydrogen-bond donors (Lipinski definition) is 0. The number of fused-ring (bicyclic) bond motifs is 3. The lowest BCUT2D eigenvalue weighted by molar-refractivity contribution is 0.511. The first-order valence-electron chi connectivity index (χ1n) is 7.26. The van der Waals surface area contributed by atoms with Gasteiger partial charge in [-0.25, -0.2) is 0 Å². The van der Waals surface area contributed by atoms with Gasteiger partial charge in [0.1, 0.15) is 5.75 Å². The van der Waals surface area contributed by atoms with Crippen molar-refractivity contribution in [2.24, 2.45) is 0 Å². The topological polar surface area (TPSA) is 26.3 Å². The van der Waals surface area contributed by atoms with E-state index in [0.717, 1.165) is 38.9 Å². The Balaban J connectivity index is 2.03. The highest BCUT2D eigenvalue weighted by Gasteiger charge is 2.26. The molecule has 2 nitrogen and oxygen atoms in total. The van der Waals surface area contributed by atoms with Crippen molar-refractivity contribution in [3.63, 3.8) is 0 Å². The summed E-state index contributed by atoms with van der Waals surface area (Å²) in [4.78, 5) is 0. The molecule has 0 saturated carbocycles. The number of benzene rings is 3. The zero-order valence-electron chi connectivity index (χ0n) is 12.2. The fourth-order valence-corrected chi connectivity index (χ4v) is 4.44. The minimum absolute atomic E-state index is 0.754. The first-order chi connectivity index (χ1) is 10.8. The second kappa shape index (κ2) is 5.15. The molecule has 1 aliphatic heterocycles. The van der Waals surface area contributed by atoms with Gasteiger partial charge in [-0.1, -0.05) is 66.7 Å². The first-order valence-corrected chi connectivity index (χ1v) is 8.58. The zero-order chi connectivity index (χ0) is 15.1. The Morgan fingerprint density at radius 1 is 0.773 bits per heavy atom. The molecule has 0 bridgehead atoms. The predicted octanol–water partition coefficient (Wildman–Crippen LogP) is 4.82. The van der Waals surface area contributed by atoms with Crippen molar-refractivity contribution in [1.82, 2.24) is 0 Å². The quantitative estimate of drug-likeness (QED) is 0.602. The average molecular weight is 306 g/mol. The van der Waals surface area contributed by atoms with Crippen molar-refractivity contribution in [1.29, 1.82) is 0 Å². The molecule has 1 atom stereocenters. The van der Waals surface area contributed by atoms with Gasteiger partial charge in [0.25, 0.3) is 8.03 Å². The van der Waals surface area contributed by atoms with Crippen molar-refractivity contribution in [2.45, 2.75) is 6.92 Å². The van der Waals surface area contributed by atoms with Crippen LogP contribution in [0.5, 0.6) is 5.75 Å². The van der Waals surface area contributed by atoms with Gasteiger partial charge in [-0.3, -0.25) is 4.57 Å². The third-order valence-electron chi connectivity index (χ3n) is 4.05. The Morgan fingerprint density at radius 2 is 1.45 bits per heavy atom. The molecule has 22 heavy (non-hydrogen) atoms. The van der Waals surface area contributed by atoms with Crippen LogP contribution in [0.4, 0.5) is 0 Å². The average Bonchev–Trinajstić information content (AvgIpc) is 2.56. The normalized spacial score (nSPS) is 15.6. The van der Waals surface area contributed by atoms with E-state index in [2.05, 4.69) is 0 Å². The highest BCUT2D eigenvalue weighted by Crippen LogP contribution is 2.46. The second-order valence-electron chi connectivity index (χ2n) is 5.44. The molecule has 3 heteroatoms. The lowest BCUT2D eigenvalue weighted by Gasteiger charge is -2.24. The van der Waals surface area contributed by atoms with Gasteiger partial charge in [-0.05, 0) is 29.2 Å². The molecule has 3 aromatic rings. The summed E-state index contributed by atoms with van der Waals surface area (Å²) in [6.07, 6.45) is 0. The van der Waals surface area contributed by atoms with Gasteiger partial charge in [-0.15, -0.1) is 0 Å². The van der Waals surface area contributed by atoms with E-state index in [1.807, 2.05) is 73.7 Å². The first kappa shape index (κ1) is 13.4. The minimum atomic E-state index is -2.31. The Bertz CT molecular complexity index is 885. The molecule has 108 valence electrons. The fraction of sp³-hybridized carbons (Fsp3) is 0.0526. The standard InChI is InChI=1S/C19H15O2P/c1-13-7-5-11-16-17-12-6-10-15(14-8-3-2-4-9-14)19(17)22(20)21-18(13)16/h2-12,22H,1H3. The molecule has 1 heterocycles. The van der Waals surface area contributed by atoms with Crippen LogP contribution in [0.1, 0.15) is 5.56 Å². The van der Waals surface area contributed by atoms with E-state index in [0.29, 0.717) is 0 Å². The summed E-state index contributed by atoms with van der Waals surface area (Å²) in [5.74, 6) is 0.754. The fourth-order valence-electron chi connectivity index (χ4n) is 3.00. The van der Waals surface area contributed by atoms with Crippen LogP contribution in [0, 0.1) is 6.92 Å². The van der Waals surface area contributed by atoms with E-state index in [9.17, 15) is 4.57 Å². The Labute approximate surface area is 130 Å². The number of aryl methyl sites for hydroxylation is 1. The van der Waals surface area contributed by atoms with Crippen LogP contribution in [0.3, 0.4) is 0 Å². The molecular weight excluding hydrogens is 291 g/mol. The number of hydrogen-bond acceptors (Lipinski definition) is 2.